The molecule has 0 radical (unpaired) electrons. The first-order valence-electron chi connectivity index (χ1n) is 20.0. The van der Waals surface area contributed by atoms with Crippen molar-refractivity contribution >= 4 is 101 Å². The molecule has 17 nitrogen and oxygen atoms in total. The Morgan fingerprint density at radius 1 is 0.552 bits per heavy atom. The van der Waals surface area contributed by atoms with Gasteiger partial charge in [-0.1, -0.05) is 77.8 Å². The summed E-state index contributed by atoms with van der Waals surface area (Å²) in [5.74, 6) is -1.86. The number of rotatable bonds is 14. The third kappa shape index (κ3) is 11.1. The number of sulfonamides is 2. The molecular formula is C46H38Cl2N8O9S2. The largest absolute Gasteiger partial charge is 0.494 e. The van der Waals surface area contributed by atoms with Crippen LogP contribution in [0.4, 0.5) is 22.7 Å². The summed E-state index contributed by atoms with van der Waals surface area (Å²) < 4.78 is 60.7. The smallest absolute Gasteiger partial charge is 0.276 e. The number of benzene rings is 6. The van der Waals surface area contributed by atoms with E-state index < -0.39 is 56.8 Å². The van der Waals surface area contributed by atoms with Gasteiger partial charge >= 0.3 is 0 Å². The van der Waals surface area contributed by atoms with Crippen molar-refractivity contribution in [3.63, 3.8) is 0 Å². The summed E-state index contributed by atoms with van der Waals surface area (Å²) in [5, 5.41) is 14.0. The number of carbonyl (C=O) groups excluding carboxylic acids is 4. The monoisotopic (exact) mass is 980 g/mol. The number of carbonyl (C=O) groups is 4. The van der Waals surface area contributed by atoms with E-state index in [1.807, 2.05) is 6.92 Å². The van der Waals surface area contributed by atoms with Crippen molar-refractivity contribution in [1.82, 2.24) is 10.9 Å². The highest BCUT2D eigenvalue weighted by Crippen LogP contribution is 2.28. The Labute approximate surface area is 395 Å². The number of fused-ring (bicyclic) bond motifs is 2. The van der Waals surface area contributed by atoms with Crippen LogP contribution in [-0.4, -0.2) is 71.6 Å². The van der Waals surface area contributed by atoms with Gasteiger partial charge in [0.1, 0.15) is 18.8 Å². The van der Waals surface area contributed by atoms with Gasteiger partial charge in [0.25, 0.3) is 43.7 Å². The zero-order valence-corrected chi connectivity index (χ0v) is 38.2. The minimum atomic E-state index is -4.14. The molecule has 0 unspecified atom stereocenters. The number of amides is 4. The Kier molecular flexibility index (Phi) is 14.7. The van der Waals surface area contributed by atoms with Gasteiger partial charge in [0.05, 0.1) is 39.1 Å². The second-order valence-electron chi connectivity index (χ2n) is 14.2. The number of nitrogens with zero attached hydrogens (tertiary/aromatic N) is 4. The summed E-state index contributed by atoms with van der Waals surface area (Å²) in [6.07, 6.45) is 0. The molecule has 342 valence electrons. The number of ether oxygens (including phenoxy) is 1. The molecule has 0 aliphatic carbocycles. The first-order valence-corrected chi connectivity index (χ1v) is 23.7. The molecule has 0 atom stereocenters. The molecular weight excluding hydrogens is 944 g/mol. The van der Waals surface area contributed by atoms with Crippen molar-refractivity contribution in [2.75, 3.05) is 38.9 Å². The maximum absolute atomic E-state index is 13.5. The topological polar surface area (TPSA) is 225 Å². The molecule has 2 aliphatic heterocycles. The molecule has 0 saturated carbocycles. The summed E-state index contributed by atoms with van der Waals surface area (Å²) in [7, 11) is -8.20. The zero-order valence-electron chi connectivity index (χ0n) is 35.1. The standard InChI is InChI=1S/C24H21ClN4O5S.C22H17ClN4O4S/c1-2-34-18-11-13-19(14-12-18)35(32,33)29(17-9-7-16(25)8-10-17)15-22(30)27-28-23-20-5-3-4-6-21(20)26-24(23)31;23-15-10-12-16(13-11-15)27(32(30,31)17-6-2-1-3-7-17)14-20(28)25-26-21-18-8-4-5-9-19(18)24-22(21)29/h3-14H,2,15H2,1H3,(H,27,30)(H,26,28,31);1-13H,14H2,(H,25,28)(H,24,26,29). The van der Waals surface area contributed by atoms with E-state index in [4.69, 9.17) is 27.9 Å². The molecule has 0 fully saturated rings. The fraction of sp³-hybridized carbons (Fsp3) is 0.0870. The van der Waals surface area contributed by atoms with Crippen molar-refractivity contribution in [2.24, 2.45) is 10.2 Å². The summed E-state index contributed by atoms with van der Waals surface area (Å²) in [6, 6.07) is 39.6. The van der Waals surface area contributed by atoms with Gasteiger partial charge in [0.15, 0.2) is 11.4 Å². The van der Waals surface area contributed by atoms with Crippen LogP contribution in [0.5, 0.6) is 5.75 Å². The number of nitrogens with one attached hydrogen (secondary N) is 4. The maximum Gasteiger partial charge on any atom is 0.276 e. The van der Waals surface area contributed by atoms with E-state index in [-0.39, 0.29) is 32.6 Å². The quantitative estimate of drug-likeness (QED) is 0.0884. The van der Waals surface area contributed by atoms with Crippen LogP contribution in [0.3, 0.4) is 0 Å². The third-order valence-corrected chi connectivity index (χ3v) is 13.8. The Bertz CT molecular complexity index is 3120. The molecule has 2 aliphatic rings. The molecule has 4 amide bonds. The first kappa shape index (κ1) is 47.4. The Morgan fingerprint density at radius 2 is 0.940 bits per heavy atom. The van der Waals surface area contributed by atoms with E-state index in [2.05, 4.69) is 31.7 Å². The average molecular weight is 982 g/mol. The van der Waals surface area contributed by atoms with Gasteiger partial charge in [-0.2, -0.15) is 10.2 Å². The average Bonchev–Trinajstić information content (AvgIpc) is 3.83. The summed E-state index contributed by atoms with van der Waals surface area (Å²) in [6.45, 7) is 1.12. The predicted molar refractivity (Wildman–Crippen MR) is 256 cm³/mol. The van der Waals surface area contributed by atoms with Crippen molar-refractivity contribution < 1.29 is 40.8 Å². The van der Waals surface area contributed by atoms with Crippen molar-refractivity contribution in [2.45, 2.75) is 16.7 Å². The molecule has 6 aromatic rings. The second kappa shape index (κ2) is 20.7. The highest BCUT2D eigenvalue weighted by molar-refractivity contribution is 7.93. The highest BCUT2D eigenvalue weighted by Gasteiger charge is 2.31. The fourth-order valence-corrected chi connectivity index (χ4v) is 9.68. The predicted octanol–water partition coefficient (Wildman–Crippen LogP) is 6.41. The van der Waals surface area contributed by atoms with Crippen molar-refractivity contribution in [3.8, 4) is 5.75 Å². The summed E-state index contributed by atoms with van der Waals surface area (Å²) in [4.78, 5) is 49.8. The van der Waals surface area contributed by atoms with E-state index in [1.165, 1.54) is 72.8 Å². The molecule has 6 aromatic carbocycles. The van der Waals surface area contributed by atoms with Crippen LogP contribution in [0.25, 0.3) is 0 Å². The molecule has 0 aromatic heterocycles. The van der Waals surface area contributed by atoms with Crippen LogP contribution >= 0.6 is 23.2 Å². The van der Waals surface area contributed by atoms with Gasteiger partial charge in [-0.15, -0.1) is 0 Å². The lowest BCUT2D eigenvalue weighted by Crippen LogP contribution is -2.40. The van der Waals surface area contributed by atoms with Crippen LogP contribution in [0, 0.1) is 0 Å². The molecule has 21 heteroatoms. The molecule has 67 heavy (non-hydrogen) atoms. The normalized spacial score (nSPS) is 13.9. The Morgan fingerprint density at radius 3 is 1.36 bits per heavy atom. The summed E-state index contributed by atoms with van der Waals surface area (Å²) >= 11 is 11.9. The van der Waals surface area contributed by atoms with Gasteiger partial charge in [0, 0.05) is 21.2 Å². The van der Waals surface area contributed by atoms with Crippen LogP contribution < -0.4 is 34.8 Å². The lowest BCUT2D eigenvalue weighted by Gasteiger charge is -2.24. The number of hydrogen-bond donors (Lipinski definition) is 4. The first-order chi connectivity index (χ1) is 32.1. The Balaban J connectivity index is 0.000000200. The van der Waals surface area contributed by atoms with Gasteiger partial charge in [0.2, 0.25) is 0 Å². The molecule has 0 bridgehead atoms. The number of hydrogen-bond acceptors (Lipinski definition) is 11. The van der Waals surface area contributed by atoms with Crippen LogP contribution in [0.2, 0.25) is 10.0 Å². The molecule has 0 spiro atoms. The van der Waals surface area contributed by atoms with E-state index in [9.17, 15) is 36.0 Å². The van der Waals surface area contributed by atoms with Crippen LogP contribution in [0.1, 0.15) is 18.1 Å². The van der Waals surface area contributed by atoms with E-state index in [0.29, 0.717) is 44.9 Å². The third-order valence-electron chi connectivity index (χ3n) is 9.73. The molecule has 2 heterocycles. The van der Waals surface area contributed by atoms with Crippen LogP contribution in [-0.2, 0) is 39.2 Å². The minimum Gasteiger partial charge on any atom is -0.494 e. The summed E-state index contributed by atoms with van der Waals surface area (Å²) in [5.41, 5.74) is 7.38. The number of para-hydroxylation sites is 2. The number of anilines is 4. The van der Waals surface area contributed by atoms with E-state index >= 15 is 0 Å². The molecule has 8 rings (SSSR count). The zero-order chi connectivity index (χ0) is 47.7. The van der Waals surface area contributed by atoms with Crippen molar-refractivity contribution in [3.05, 3.63) is 173 Å². The van der Waals surface area contributed by atoms with Gasteiger partial charge < -0.3 is 15.4 Å². The minimum absolute atomic E-state index is 0.0261. The molecule has 4 N–H and O–H groups in total. The van der Waals surface area contributed by atoms with Crippen LogP contribution in [0.15, 0.2) is 172 Å². The van der Waals surface area contributed by atoms with Gasteiger partial charge in [-0.05, 0) is 104 Å². The van der Waals surface area contributed by atoms with E-state index in [0.717, 1.165) is 8.61 Å². The van der Waals surface area contributed by atoms with E-state index in [1.54, 1.807) is 78.9 Å². The SMILES string of the molecule is CCOc1ccc(S(=O)(=O)N(CC(=O)N/N=C2\C(=O)Nc3ccccc32)c2ccc(Cl)cc2)cc1.O=C(CN(c1ccc(Cl)cc1)S(=O)(=O)c1ccccc1)N/N=C1\C(=O)Nc2ccccc21. The second-order valence-corrected chi connectivity index (χ2v) is 18.8. The Hall–Kier alpha value is -7.58. The highest BCUT2D eigenvalue weighted by atomic mass is 35.5. The lowest BCUT2D eigenvalue weighted by molar-refractivity contribution is -0.120. The fourth-order valence-electron chi connectivity index (χ4n) is 6.56. The van der Waals surface area contributed by atoms with Gasteiger partial charge in [-0.25, -0.2) is 27.7 Å². The number of halogens is 2. The molecule has 0 saturated heterocycles. The van der Waals surface area contributed by atoms with Gasteiger partial charge in [-0.3, -0.25) is 27.8 Å². The maximum atomic E-state index is 13.5. The lowest BCUT2D eigenvalue weighted by atomic mass is 10.1. The number of hydrazone groups is 2. The van der Waals surface area contributed by atoms with Crippen molar-refractivity contribution in [1.29, 1.82) is 0 Å².